The van der Waals surface area contributed by atoms with Gasteiger partial charge in [0.1, 0.15) is 40.5 Å². The molecule has 0 bridgehead atoms. The van der Waals surface area contributed by atoms with E-state index in [1.165, 1.54) is 42.5 Å². The van der Waals surface area contributed by atoms with E-state index in [9.17, 15) is 26.4 Å². The Kier molecular flexibility index (Phi) is 9.01. The summed E-state index contributed by atoms with van der Waals surface area (Å²) in [7, 11) is -3.51. The van der Waals surface area contributed by atoms with Crippen LogP contribution in [0, 0.1) is 5.82 Å². The summed E-state index contributed by atoms with van der Waals surface area (Å²) in [6.07, 6.45) is -0.776. The summed E-state index contributed by atoms with van der Waals surface area (Å²) in [5.74, 6) is -4.41. The number of alkyl halides is 2. The maximum absolute atomic E-state index is 13.4. The Morgan fingerprint density at radius 2 is 1.86 bits per heavy atom. The molecule has 4 rings (SSSR count). The molecule has 16 heteroatoms. The van der Waals surface area contributed by atoms with Gasteiger partial charge in [0, 0.05) is 24.2 Å². The highest BCUT2D eigenvalue weighted by molar-refractivity contribution is 7.93. The van der Waals surface area contributed by atoms with E-state index in [-0.39, 0.29) is 39.9 Å². The predicted octanol–water partition coefficient (Wildman–Crippen LogP) is 5.07. The monoisotopic (exact) mass is 622 g/mol. The van der Waals surface area contributed by atoms with Crippen LogP contribution in [0.1, 0.15) is 48.6 Å². The first kappa shape index (κ1) is 31.4. The van der Waals surface area contributed by atoms with Crippen LogP contribution in [-0.2, 0) is 20.2 Å². The Labute approximate surface area is 244 Å². The van der Waals surface area contributed by atoms with Crippen molar-refractivity contribution in [2.45, 2.75) is 38.0 Å². The van der Waals surface area contributed by atoms with Gasteiger partial charge in [-0.15, -0.1) is 0 Å². The fraction of sp³-hybridized carbons (Fsp3) is 0.296. The summed E-state index contributed by atoms with van der Waals surface area (Å²) in [5.41, 5.74) is 5.58. The molecule has 0 aliphatic carbocycles. The minimum Gasteiger partial charge on any atom is -0.484 e. The largest absolute Gasteiger partial charge is 0.484 e. The van der Waals surface area contributed by atoms with Crippen LogP contribution in [0.25, 0.3) is 11.3 Å². The number of aromatic nitrogens is 3. The lowest BCUT2D eigenvalue weighted by molar-refractivity contribution is 0.100. The van der Waals surface area contributed by atoms with Gasteiger partial charge in [0.15, 0.2) is 5.82 Å². The molecule has 2 aromatic carbocycles. The fourth-order valence-electron chi connectivity index (χ4n) is 4.14. The van der Waals surface area contributed by atoms with E-state index >= 15 is 0 Å². The number of H-pyrrole nitrogens is 1. The molecule has 0 saturated heterocycles. The standard InChI is InChI=1S/C27H29F3N6O6S/c1-14(15-5-8-17(28)9-6-15)41-19-11-16(7-10-18(19)36-43(38,39)26(29)30)23-22(24(31)37)25(34-33-23)32-21-12-20(42-35-21)27(2,3)13-40-4/h5-12,14,26,36H,13H2,1-4H3,(H2,31,37)(H2,32,33,34,35). The number of anilines is 3. The number of rotatable bonds is 13. The number of hydrogen-bond acceptors (Lipinski definition) is 9. The number of aromatic amines is 1. The van der Waals surface area contributed by atoms with Gasteiger partial charge in [0.25, 0.3) is 15.9 Å². The Balaban J connectivity index is 1.72. The van der Waals surface area contributed by atoms with Gasteiger partial charge >= 0.3 is 5.76 Å². The molecule has 0 aliphatic rings. The molecular weight excluding hydrogens is 593 g/mol. The van der Waals surface area contributed by atoms with Gasteiger partial charge in [-0.3, -0.25) is 14.6 Å². The molecule has 0 saturated carbocycles. The molecule has 2 heterocycles. The quantitative estimate of drug-likeness (QED) is 0.159. The van der Waals surface area contributed by atoms with E-state index in [4.69, 9.17) is 19.7 Å². The van der Waals surface area contributed by atoms with E-state index in [1.54, 1.807) is 20.1 Å². The summed E-state index contributed by atoms with van der Waals surface area (Å²) in [6, 6.07) is 10.8. The highest BCUT2D eigenvalue weighted by Crippen LogP contribution is 2.37. The molecule has 1 amide bonds. The molecule has 230 valence electrons. The van der Waals surface area contributed by atoms with Gasteiger partial charge in [-0.05, 0) is 36.8 Å². The second-order valence-corrected chi connectivity index (χ2v) is 11.8. The number of hydrogen-bond donors (Lipinski definition) is 4. The molecule has 0 radical (unpaired) electrons. The number of ether oxygens (including phenoxy) is 2. The number of benzene rings is 2. The molecule has 4 aromatic rings. The zero-order chi connectivity index (χ0) is 31.5. The summed E-state index contributed by atoms with van der Waals surface area (Å²) in [5, 5.41) is 13.7. The lowest BCUT2D eigenvalue weighted by atomic mass is 9.91. The average molecular weight is 623 g/mol. The van der Waals surface area contributed by atoms with Crippen molar-refractivity contribution in [3.8, 4) is 17.0 Å². The molecule has 5 N–H and O–H groups in total. The van der Waals surface area contributed by atoms with Gasteiger partial charge in [-0.25, -0.2) is 12.8 Å². The number of carbonyl (C=O) groups is 1. The summed E-state index contributed by atoms with van der Waals surface area (Å²) in [4.78, 5) is 12.5. The zero-order valence-electron chi connectivity index (χ0n) is 23.4. The van der Waals surface area contributed by atoms with Crippen molar-refractivity contribution in [1.82, 2.24) is 15.4 Å². The van der Waals surface area contributed by atoms with Crippen LogP contribution in [0.5, 0.6) is 5.75 Å². The van der Waals surface area contributed by atoms with E-state index in [1.807, 2.05) is 18.6 Å². The van der Waals surface area contributed by atoms with Crippen LogP contribution >= 0.6 is 0 Å². The SMILES string of the molecule is COCC(C)(C)c1cc(Nc2[nH]nc(-c3ccc(NS(=O)(=O)C(F)F)c(OC(C)c4ccc(F)cc4)c3)c2C(N)=O)no1. The molecular formula is C27H29F3N6O6S. The predicted molar refractivity (Wildman–Crippen MR) is 151 cm³/mol. The molecule has 1 atom stereocenters. The number of carbonyl (C=O) groups excluding carboxylic acids is 1. The Hall–Kier alpha value is -4.57. The highest BCUT2D eigenvalue weighted by atomic mass is 32.2. The Morgan fingerprint density at radius 3 is 2.49 bits per heavy atom. The van der Waals surface area contributed by atoms with Crippen LogP contribution in [0.3, 0.4) is 0 Å². The van der Waals surface area contributed by atoms with Crippen molar-refractivity contribution < 1.29 is 40.4 Å². The van der Waals surface area contributed by atoms with Gasteiger partial charge in [-0.1, -0.05) is 37.2 Å². The number of nitrogens with two attached hydrogens (primary N) is 1. The third-order valence-electron chi connectivity index (χ3n) is 6.33. The second-order valence-electron chi connectivity index (χ2n) is 10.1. The van der Waals surface area contributed by atoms with Crippen molar-refractivity contribution in [1.29, 1.82) is 0 Å². The number of halogens is 3. The first-order valence-electron chi connectivity index (χ1n) is 12.7. The summed E-state index contributed by atoms with van der Waals surface area (Å²) in [6.45, 7) is 5.74. The number of methoxy groups -OCH3 is 1. The topological polar surface area (TPSA) is 174 Å². The van der Waals surface area contributed by atoms with Gasteiger partial charge in [-0.2, -0.15) is 13.9 Å². The number of nitrogens with zero attached hydrogens (tertiary/aromatic N) is 2. The van der Waals surface area contributed by atoms with Crippen LogP contribution in [0.15, 0.2) is 53.1 Å². The van der Waals surface area contributed by atoms with E-state index in [2.05, 4.69) is 20.7 Å². The van der Waals surface area contributed by atoms with Crippen molar-refractivity contribution >= 4 is 33.3 Å². The number of amides is 1. The lowest BCUT2D eigenvalue weighted by Gasteiger charge is -2.19. The number of sulfonamides is 1. The zero-order valence-corrected chi connectivity index (χ0v) is 24.3. The third-order valence-corrected chi connectivity index (χ3v) is 7.31. The number of nitrogens with one attached hydrogen (secondary N) is 3. The minimum absolute atomic E-state index is 0.0426. The Bertz CT molecular complexity index is 1710. The van der Waals surface area contributed by atoms with Crippen molar-refractivity contribution in [3.63, 3.8) is 0 Å². The molecule has 2 aromatic heterocycles. The summed E-state index contributed by atoms with van der Waals surface area (Å²) >= 11 is 0. The van der Waals surface area contributed by atoms with E-state index in [0.29, 0.717) is 17.9 Å². The number of primary amides is 1. The van der Waals surface area contributed by atoms with Crippen molar-refractivity contribution in [2.24, 2.45) is 5.73 Å². The average Bonchev–Trinajstić information content (AvgIpc) is 3.58. The van der Waals surface area contributed by atoms with Crippen LogP contribution in [0.2, 0.25) is 0 Å². The highest BCUT2D eigenvalue weighted by Gasteiger charge is 2.29. The maximum Gasteiger partial charge on any atom is 0.355 e. The third kappa shape index (κ3) is 7.09. The Morgan fingerprint density at radius 1 is 1.16 bits per heavy atom. The molecule has 43 heavy (non-hydrogen) atoms. The van der Waals surface area contributed by atoms with Crippen molar-refractivity contribution in [3.05, 3.63) is 71.2 Å². The maximum atomic E-state index is 13.4. The molecule has 12 nitrogen and oxygen atoms in total. The smallest absolute Gasteiger partial charge is 0.355 e. The van der Waals surface area contributed by atoms with Gasteiger partial charge in [0.2, 0.25) is 0 Å². The normalized spacial score (nSPS) is 12.7. The minimum atomic E-state index is -5.06. The van der Waals surface area contributed by atoms with Gasteiger partial charge < -0.3 is 25.0 Å². The van der Waals surface area contributed by atoms with Crippen LogP contribution < -0.4 is 20.5 Å². The van der Waals surface area contributed by atoms with Crippen molar-refractivity contribution in [2.75, 3.05) is 23.8 Å². The molecule has 0 aliphatic heterocycles. The first-order valence-corrected chi connectivity index (χ1v) is 14.2. The van der Waals surface area contributed by atoms with E-state index in [0.717, 1.165) is 0 Å². The molecule has 0 spiro atoms. The van der Waals surface area contributed by atoms with Crippen LogP contribution in [0.4, 0.5) is 30.5 Å². The lowest BCUT2D eigenvalue weighted by Crippen LogP contribution is -2.22. The fourth-order valence-corrected chi connectivity index (χ4v) is 4.70. The second kappa shape index (κ2) is 12.3. The first-order chi connectivity index (χ1) is 20.2. The van der Waals surface area contributed by atoms with Crippen LogP contribution in [-0.4, -0.2) is 49.2 Å². The van der Waals surface area contributed by atoms with E-state index < -0.39 is 39.0 Å². The van der Waals surface area contributed by atoms with Gasteiger partial charge in [0.05, 0.1) is 12.3 Å². The molecule has 1 unspecified atom stereocenters. The molecule has 0 fully saturated rings. The summed E-state index contributed by atoms with van der Waals surface area (Å²) < 4.78 is 82.0.